The Morgan fingerprint density at radius 1 is 1.15 bits per heavy atom. The normalized spacial score (nSPS) is 16.2. The van der Waals surface area contributed by atoms with Crippen LogP contribution in [-0.2, 0) is 11.0 Å². The minimum Gasteiger partial charge on any atom is -0.351 e. The highest BCUT2D eigenvalue weighted by Gasteiger charge is 2.35. The van der Waals surface area contributed by atoms with E-state index in [0.717, 1.165) is 44.2 Å². The lowest BCUT2D eigenvalue weighted by Crippen LogP contribution is -2.43. The van der Waals surface area contributed by atoms with Crippen molar-refractivity contribution in [3.8, 4) is 6.07 Å². The minimum atomic E-state index is -4.64. The SMILES string of the molecule is N#CCNC(=O)C(CNC(=O)c1ccccc1C(F)(F)F)C1CCCCC1. The summed E-state index contributed by atoms with van der Waals surface area (Å²) in [6.45, 7) is -0.208. The van der Waals surface area contributed by atoms with Gasteiger partial charge in [-0.05, 0) is 30.9 Å². The van der Waals surface area contributed by atoms with Crippen LogP contribution >= 0.6 is 0 Å². The van der Waals surface area contributed by atoms with E-state index in [0.29, 0.717) is 0 Å². The van der Waals surface area contributed by atoms with Crippen LogP contribution in [0.3, 0.4) is 0 Å². The number of benzene rings is 1. The number of nitrogens with zero attached hydrogens (tertiary/aromatic N) is 1. The molecule has 1 saturated carbocycles. The van der Waals surface area contributed by atoms with Gasteiger partial charge in [0.25, 0.3) is 5.91 Å². The third kappa shape index (κ3) is 5.71. The Balaban J connectivity index is 2.11. The fourth-order valence-corrected chi connectivity index (χ4v) is 3.49. The zero-order valence-corrected chi connectivity index (χ0v) is 14.8. The number of carbonyl (C=O) groups excluding carboxylic acids is 2. The van der Waals surface area contributed by atoms with Gasteiger partial charge in [-0.2, -0.15) is 18.4 Å². The molecular formula is C19H22F3N3O2. The van der Waals surface area contributed by atoms with Gasteiger partial charge in [0.2, 0.25) is 5.91 Å². The molecule has 0 aromatic heterocycles. The molecule has 0 bridgehead atoms. The molecule has 146 valence electrons. The summed E-state index contributed by atoms with van der Waals surface area (Å²) >= 11 is 0. The molecule has 1 unspecified atom stereocenters. The van der Waals surface area contributed by atoms with Crippen molar-refractivity contribution in [2.45, 2.75) is 38.3 Å². The van der Waals surface area contributed by atoms with E-state index in [1.165, 1.54) is 12.1 Å². The van der Waals surface area contributed by atoms with E-state index in [4.69, 9.17) is 5.26 Å². The molecule has 8 heteroatoms. The summed E-state index contributed by atoms with van der Waals surface area (Å²) in [5.74, 6) is -1.75. The second kappa shape index (κ2) is 9.40. The number of halogens is 3. The van der Waals surface area contributed by atoms with Crippen LogP contribution in [0.1, 0.15) is 48.0 Å². The summed E-state index contributed by atoms with van der Waals surface area (Å²) in [5, 5.41) is 13.6. The molecule has 0 spiro atoms. The Kier molecular flexibility index (Phi) is 7.22. The molecule has 27 heavy (non-hydrogen) atoms. The first-order valence-corrected chi connectivity index (χ1v) is 8.93. The number of alkyl halides is 3. The second-order valence-corrected chi connectivity index (χ2v) is 6.63. The maximum absolute atomic E-state index is 13.1. The van der Waals surface area contributed by atoms with Crippen molar-refractivity contribution in [1.82, 2.24) is 10.6 Å². The van der Waals surface area contributed by atoms with E-state index in [1.54, 1.807) is 0 Å². The molecule has 2 N–H and O–H groups in total. The van der Waals surface area contributed by atoms with E-state index in [2.05, 4.69) is 10.6 Å². The molecule has 5 nitrogen and oxygen atoms in total. The molecule has 2 amide bonds. The number of amides is 2. The Labute approximate surface area is 155 Å². The van der Waals surface area contributed by atoms with Gasteiger partial charge in [0, 0.05) is 6.54 Å². The summed E-state index contributed by atoms with van der Waals surface area (Å²) in [7, 11) is 0. The summed E-state index contributed by atoms with van der Waals surface area (Å²) in [5.41, 5.74) is -1.48. The summed E-state index contributed by atoms with van der Waals surface area (Å²) in [6, 6.07) is 6.38. The van der Waals surface area contributed by atoms with E-state index < -0.39 is 29.1 Å². The Hall–Kier alpha value is -2.56. The summed E-state index contributed by atoms with van der Waals surface area (Å²) in [6.07, 6.45) is 0.0175. The average Bonchev–Trinajstić information content (AvgIpc) is 2.66. The fraction of sp³-hybridized carbons (Fsp3) is 0.526. The van der Waals surface area contributed by atoms with Crippen LogP contribution in [-0.4, -0.2) is 24.9 Å². The lowest BCUT2D eigenvalue weighted by molar-refractivity contribution is -0.138. The minimum absolute atomic E-state index is 0.0376. The molecule has 1 aromatic rings. The molecule has 0 heterocycles. The average molecular weight is 381 g/mol. The Bertz CT molecular complexity index is 707. The van der Waals surface area contributed by atoms with Crippen molar-refractivity contribution in [2.75, 3.05) is 13.1 Å². The van der Waals surface area contributed by atoms with Gasteiger partial charge < -0.3 is 10.6 Å². The number of hydrogen-bond donors (Lipinski definition) is 2. The zero-order chi connectivity index (χ0) is 19.9. The molecule has 2 rings (SSSR count). The van der Waals surface area contributed by atoms with Crippen LogP contribution in [0.5, 0.6) is 0 Å². The van der Waals surface area contributed by atoms with Crippen molar-refractivity contribution >= 4 is 11.8 Å². The van der Waals surface area contributed by atoms with Gasteiger partial charge in [-0.1, -0.05) is 31.4 Å². The quantitative estimate of drug-likeness (QED) is 0.742. The Morgan fingerprint density at radius 3 is 2.44 bits per heavy atom. The van der Waals surface area contributed by atoms with Crippen molar-refractivity contribution in [3.63, 3.8) is 0 Å². The van der Waals surface area contributed by atoms with Gasteiger partial charge in [0.05, 0.1) is 23.1 Å². The topological polar surface area (TPSA) is 82.0 Å². The predicted molar refractivity (Wildman–Crippen MR) is 92.5 cm³/mol. The maximum Gasteiger partial charge on any atom is 0.417 e. The predicted octanol–water partition coefficient (Wildman–Crippen LogP) is 3.27. The maximum atomic E-state index is 13.1. The first-order chi connectivity index (χ1) is 12.8. The van der Waals surface area contributed by atoms with Gasteiger partial charge in [-0.15, -0.1) is 0 Å². The Morgan fingerprint density at radius 2 is 1.81 bits per heavy atom. The molecule has 1 atom stereocenters. The lowest BCUT2D eigenvalue weighted by Gasteiger charge is -2.29. The highest BCUT2D eigenvalue weighted by atomic mass is 19.4. The number of nitriles is 1. The molecule has 0 saturated heterocycles. The van der Waals surface area contributed by atoms with Gasteiger partial charge >= 0.3 is 6.18 Å². The van der Waals surface area contributed by atoms with Crippen LogP contribution in [0.2, 0.25) is 0 Å². The number of rotatable bonds is 6. The highest BCUT2D eigenvalue weighted by molar-refractivity contribution is 5.96. The van der Waals surface area contributed by atoms with Crippen LogP contribution in [0.15, 0.2) is 24.3 Å². The smallest absolute Gasteiger partial charge is 0.351 e. The molecule has 1 aromatic carbocycles. The van der Waals surface area contributed by atoms with Crippen molar-refractivity contribution in [3.05, 3.63) is 35.4 Å². The van der Waals surface area contributed by atoms with Crippen LogP contribution in [0.4, 0.5) is 13.2 Å². The van der Waals surface area contributed by atoms with E-state index in [9.17, 15) is 22.8 Å². The first kappa shape index (κ1) is 20.7. The molecule has 1 aliphatic carbocycles. The van der Waals surface area contributed by atoms with Crippen molar-refractivity contribution in [2.24, 2.45) is 11.8 Å². The molecule has 1 aliphatic rings. The van der Waals surface area contributed by atoms with Crippen LogP contribution < -0.4 is 10.6 Å². The third-order valence-electron chi connectivity index (χ3n) is 4.86. The number of carbonyl (C=O) groups is 2. The molecular weight excluding hydrogens is 359 g/mol. The molecule has 1 fully saturated rings. The number of nitrogens with one attached hydrogen (secondary N) is 2. The zero-order valence-electron chi connectivity index (χ0n) is 14.8. The second-order valence-electron chi connectivity index (χ2n) is 6.63. The van der Waals surface area contributed by atoms with Crippen molar-refractivity contribution in [1.29, 1.82) is 5.26 Å². The van der Waals surface area contributed by atoms with E-state index >= 15 is 0 Å². The number of hydrogen-bond acceptors (Lipinski definition) is 3. The molecule has 0 radical (unpaired) electrons. The van der Waals surface area contributed by atoms with Gasteiger partial charge in [-0.3, -0.25) is 9.59 Å². The van der Waals surface area contributed by atoms with E-state index in [-0.39, 0.29) is 24.9 Å². The van der Waals surface area contributed by atoms with Crippen molar-refractivity contribution < 1.29 is 22.8 Å². The van der Waals surface area contributed by atoms with Crippen LogP contribution in [0, 0.1) is 23.2 Å². The highest BCUT2D eigenvalue weighted by Crippen LogP contribution is 2.32. The largest absolute Gasteiger partial charge is 0.417 e. The van der Waals surface area contributed by atoms with Crippen LogP contribution in [0.25, 0.3) is 0 Å². The molecule has 0 aliphatic heterocycles. The fourth-order valence-electron chi connectivity index (χ4n) is 3.49. The first-order valence-electron chi connectivity index (χ1n) is 8.93. The standard InChI is InChI=1S/C19H22F3N3O2/c20-19(21,22)16-9-5-4-8-14(16)17(26)25-12-15(18(27)24-11-10-23)13-6-2-1-3-7-13/h4-5,8-9,13,15H,1-3,6-7,11-12H2,(H,24,27)(H,25,26). The monoisotopic (exact) mass is 381 g/mol. The van der Waals surface area contributed by atoms with Gasteiger partial charge in [0.1, 0.15) is 6.54 Å². The summed E-state index contributed by atoms with van der Waals surface area (Å²) in [4.78, 5) is 24.7. The third-order valence-corrected chi connectivity index (χ3v) is 4.86. The summed E-state index contributed by atoms with van der Waals surface area (Å²) < 4.78 is 39.3. The lowest BCUT2D eigenvalue weighted by atomic mass is 9.79. The van der Waals surface area contributed by atoms with E-state index in [1.807, 2.05) is 6.07 Å². The van der Waals surface area contributed by atoms with Gasteiger partial charge in [0.15, 0.2) is 0 Å². The van der Waals surface area contributed by atoms with Gasteiger partial charge in [-0.25, -0.2) is 0 Å².